The van der Waals surface area contributed by atoms with Gasteiger partial charge in [-0.2, -0.15) is 0 Å². The summed E-state index contributed by atoms with van der Waals surface area (Å²) in [5, 5.41) is 11.5. The van der Waals surface area contributed by atoms with Crippen LogP contribution < -0.4 is 5.32 Å². The molecular formula is C16H15N3O2. The molecule has 0 bridgehead atoms. The maximum atomic E-state index is 12.0. The molecule has 5 heteroatoms. The quantitative estimate of drug-likeness (QED) is 0.813. The minimum Gasteiger partial charge on any atom is -0.384 e. The molecule has 2 aromatic heterocycles. The number of pyridine rings is 2. The molecule has 0 aliphatic heterocycles. The van der Waals surface area contributed by atoms with Crippen molar-refractivity contribution in [2.45, 2.75) is 6.42 Å². The number of aliphatic hydroxyl groups is 1. The Labute approximate surface area is 123 Å². The number of aromatic nitrogens is 2. The summed E-state index contributed by atoms with van der Waals surface area (Å²) in [5.74, 6) is 5.04. The third-order valence-electron chi connectivity index (χ3n) is 2.71. The molecule has 0 radical (unpaired) electrons. The highest BCUT2D eigenvalue weighted by atomic mass is 16.2. The van der Waals surface area contributed by atoms with Crippen LogP contribution >= 0.6 is 0 Å². The number of nitrogens with zero attached hydrogens (tertiary/aromatic N) is 2. The number of carbonyl (C=O) groups excluding carboxylic acids is 1. The second-order valence-electron chi connectivity index (χ2n) is 4.25. The molecule has 2 aromatic rings. The number of hydrogen-bond acceptors (Lipinski definition) is 4. The molecular weight excluding hydrogens is 266 g/mol. The van der Waals surface area contributed by atoms with E-state index in [9.17, 15) is 4.79 Å². The Kier molecular flexibility index (Phi) is 5.44. The van der Waals surface area contributed by atoms with Crippen molar-refractivity contribution in [1.82, 2.24) is 15.3 Å². The lowest BCUT2D eigenvalue weighted by molar-refractivity contribution is 0.0953. The predicted octanol–water partition coefficient (Wildman–Crippen LogP) is 0.793. The Morgan fingerprint density at radius 3 is 3.00 bits per heavy atom. The molecule has 2 rings (SSSR count). The molecule has 0 aromatic carbocycles. The molecule has 0 saturated carbocycles. The molecule has 0 saturated heterocycles. The van der Waals surface area contributed by atoms with E-state index in [4.69, 9.17) is 5.11 Å². The summed E-state index contributed by atoms with van der Waals surface area (Å²) in [6.45, 7) is 0.281. The van der Waals surface area contributed by atoms with Crippen molar-refractivity contribution in [2.24, 2.45) is 0 Å². The Bertz CT molecular complexity index is 660. The zero-order chi connectivity index (χ0) is 14.9. The summed E-state index contributed by atoms with van der Waals surface area (Å²) >= 11 is 0. The third kappa shape index (κ3) is 4.71. The van der Waals surface area contributed by atoms with Crippen molar-refractivity contribution in [3.63, 3.8) is 0 Å². The predicted molar refractivity (Wildman–Crippen MR) is 78.5 cm³/mol. The molecule has 0 spiro atoms. The van der Waals surface area contributed by atoms with Gasteiger partial charge < -0.3 is 10.4 Å². The fourth-order valence-corrected chi connectivity index (χ4v) is 1.73. The topological polar surface area (TPSA) is 75.1 Å². The average molecular weight is 281 g/mol. The number of aliphatic hydroxyl groups excluding tert-OH is 1. The molecule has 5 nitrogen and oxygen atoms in total. The lowest BCUT2D eigenvalue weighted by atomic mass is 10.2. The average Bonchev–Trinajstić information content (AvgIpc) is 2.54. The van der Waals surface area contributed by atoms with Crippen LogP contribution in [0.25, 0.3) is 0 Å². The van der Waals surface area contributed by atoms with Crippen molar-refractivity contribution in [3.8, 4) is 11.8 Å². The molecule has 0 fully saturated rings. The zero-order valence-electron chi connectivity index (χ0n) is 11.4. The van der Waals surface area contributed by atoms with E-state index < -0.39 is 0 Å². The monoisotopic (exact) mass is 281 g/mol. The highest BCUT2D eigenvalue weighted by Crippen LogP contribution is 2.01. The van der Waals surface area contributed by atoms with Gasteiger partial charge in [-0.3, -0.25) is 14.8 Å². The second kappa shape index (κ2) is 7.78. The maximum Gasteiger partial charge on any atom is 0.252 e. The summed E-state index contributed by atoms with van der Waals surface area (Å²) in [4.78, 5) is 20.1. The molecule has 0 unspecified atom stereocenters. The molecule has 0 aliphatic carbocycles. The SMILES string of the molecule is O=C(NCCc1ccccn1)c1cncc(C#CCO)c1. The van der Waals surface area contributed by atoms with Crippen LogP contribution in [0.15, 0.2) is 42.9 Å². The van der Waals surface area contributed by atoms with E-state index in [1.165, 1.54) is 6.20 Å². The molecule has 1 amide bonds. The summed E-state index contributed by atoms with van der Waals surface area (Å²) in [5.41, 5.74) is 1.97. The van der Waals surface area contributed by atoms with Gasteiger partial charge >= 0.3 is 0 Å². The third-order valence-corrected chi connectivity index (χ3v) is 2.71. The van der Waals surface area contributed by atoms with Crippen molar-refractivity contribution in [3.05, 3.63) is 59.7 Å². The van der Waals surface area contributed by atoms with E-state index in [0.29, 0.717) is 24.1 Å². The number of hydrogen-bond donors (Lipinski definition) is 2. The van der Waals surface area contributed by atoms with E-state index in [2.05, 4.69) is 27.1 Å². The fourth-order valence-electron chi connectivity index (χ4n) is 1.73. The molecule has 21 heavy (non-hydrogen) atoms. The summed E-state index contributed by atoms with van der Waals surface area (Å²) < 4.78 is 0. The molecule has 2 N–H and O–H groups in total. The first-order chi connectivity index (χ1) is 10.3. The van der Waals surface area contributed by atoms with Gasteiger partial charge in [-0.1, -0.05) is 17.9 Å². The Hall–Kier alpha value is -2.71. The van der Waals surface area contributed by atoms with Gasteiger partial charge in [0.05, 0.1) is 5.56 Å². The Balaban J connectivity index is 1.91. The van der Waals surface area contributed by atoms with Gasteiger partial charge in [0.15, 0.2) is 0 Å². The molecule has 0 aliphatic rings. The van der Waals surface area contributed by atoms with Gasteiger partial charge in [0.1, 0.15) is 6.61 Å². The van der Waals surface area contributed by atoms with Crippen molar-refractivity contribution >= 4 is 5.91 Å². The Morgan fingerprint density at radius 2 is 2.24 bits per heavy atom. The van der Waals surface area contributed by atoms with E-state index >= 15 is 0 Å². The summed E-state index contributed by atoms with van der Waals surface area (Å²) in [6.07, 6.45) is 5.43. The van der Waals surface area contributed by atoms with Gasteiger partial charge in [-0.15, -0.1) is 0 Å². The van der Waals surface area contributed by atoms with Crippen LogP contribution in [0.5, 0.6) is 0 Å². The van der Waals surface area contributed by atoms with Crippen LogP contribution in [0.4, 0.5) is 0 Å². The minimum atomic E-state index is -0.222. The normalized spacial score (nSPS) is 9.57. The fraction of sp³-hybridized carbons (Fsp3) is 0.188. The van der Waals surface area contributed by atoms with E-state index in [-0.39, 0.29) is 12.5 Å². The maximum absolute atomic E-state index is 12.0. The largest absolute Gasteiger partial charge is 0.384 e. The van der Waals surface area contributed by atoms with Gasteiger partial charge in [-0.05, 0) is 18.2 Å². The summed E-state index contributed by atoms with van der Waals surface area (Å²) in [6, 6.07) is 7.33. The van der Waals surface area contributed by atoms with Crippen LogP contribution in [0, 0.1) is 11.8 Å². The number of carbonyl (C=O) groups is 1. The van der Waals surface area contributed by atoms with Gasteiger partial charge in [0.2, 0.25) is 0 Å². The molecule has 106 valence electrons. The molecule has 2 heterocycles. The van der Waals surface area contributed by atoms with Crippen LogP contribution in [-0.4, -0.2) is 34.1 Å². The number of rotatable bonds is 4. The smallest absolute Gasteiger partial charge is 0.252 e. The lowest BCUT2D eigenvalue weighted by Crippen LogP contribution is -2.26. The standard InChI is InChI=1S/C16H15N3O2/c20-9-3-4-13-10-14(12-17-11-13)16(21)19-8-6-15-5-1-2-7-18-15/h1-2,5,7,10-12,20H,6,8-9H2,(H,19,21). The van der Waals surface area contributed by atoms with Crippen LogP contribution in [0.3, 0.4) is 0 Å². The van der Waals surface area contributed by atoms with Crippen molar-refractivity contribution < 1.29 is 9.90 Å². The van der Waals surface area contributed by atoms with Crippen molar-refractivity contribution in [1.29, 1.82) is 0 Å². The van der Waals surface area contributed by atoms with Crippen LogP contribution in [-0.2, 0) is 6.42 Å². The van der Waals surface area contributed by atoms with E-state index in [1.54, 1.807) is 18.5 Å². The molecule has 0 atom stereocenters. The van der Waals surface area contributed by atoms with Crippen molar-refractivity contribution in [2.75, 3.05) is 13.2 Å². The first-order valence-corrected chi connectivity index (χ1v) is 6.52. The van der Waals surface area contributed by atoms with Crippen LogP contribution in [0.1, 0.15) is 21.6 Å². The first-order valence-electron chi connectivity index (χ1n) is 6.52. The summed E-state index contributed by atoms with van der Waals surface area (Å²) in [7, 11) is 0. The highest BCUT2D eigenvalue weighted by molar-refractivity contribution is 5.94. The minimum absolute atomic E-state index is 0.203. The second-order valence-corrected chi connectivity index (χ2v) is 4.25. The first kappa shape index (κ1) is 14.7. The Morgan fingerprint density at radius 1 is 1.33 bits per heavy atom. The van der Waals surface area contributed by atoms with Crippen LogP contribution in [0.2, 0.25) is 0 Å². The van der Waals surface area contributed by atoms with Gasteiger partial charge in [0.25, 0.3) is 5.91 Å². The number of amides is 1. The number of nitrogens with one attached hydrogen (secondary N) is 1. The zero-order valence-corrected chi connectivity index (χ0v) is 11.4. The van der Waals surface area contributed by atoms with Gasteiger partial charge in [0, 0.05) is 42.8 Å². The van der Waals surface area contributed by atoms with E-state index in [0.717, 1.165) is 5.69 Å². The highest BCUT2D eigenvalue weighted by Gasteiger charge is 2.06. The lowest BCUT2D eigenvalue weighted by Gasteiger charge is -2.05. The van der Waals surface area contributed by atoms with Gasteiger partial charge in [-0.25, -0.2) is 0 Å². The van der Waals surface area contributed by atoms with E-state index in [1.807, 2.05) is 18.2 Å².